The summed E-state index contributed by atoms with van der Waals surface area (Å²) in [6.45, 7) is 0.760. The van der Waals surface area contributed by atoms with Gasteiger partial charge in [0.05, 0.1) is 25.7 Å². The third-order valence-corrected chi connectivity index (χ3v) is 5.52. The molecule has 2 aromatic carbocycles. The average molecular weight is 394 g/mol. The Labute approximate surface area is 170 Å². The van der Waals surface area contributed by atoms with Crippen LogP contribution < -0.4 is 5.32 Å². The van der Waals surface area contributed by atoms with Crippen molar-refractivity contribution in [2.24, 2.45) is 5.92 Å². The molecule has 6 heteroatoms. The van der Waals surface area contributed by atoms with Crippen LogP contribution in [0.2, 0.25) is 0 Å². The van der Waals surface area contributed by atoms with Gasteiger partial charge >= 0.3 is 0 Å². The van der Waals surface area contributed by atoms with Crippen LogP contribution in [0.4, 0.5) is 5.69 Å². The normalized spacial score (nSPS) is 21.6. The van der Waals surface area contributed by atoms with Crippen LogP contribution in [0.3, 0.4) is 0 Å². The van der Waals surface area contributed by atoms with E-state index in [-0.39, 0.29) is 36.8 Å². The fourth-order valence-electron chi connectivity index (χ4n) is 3.78. The number of carbonyl (C=O) groups excluding carboxylic acids is 2. The number of ether oxygens (including phenoxy) is 1. The van der Waals surface area contributed by atoms with Crippen LogP contribution in [0.25, 0.3) is 0 Å². The first-order valence-corrected chi connectivity index (χ1v) is 10.1. The molecule has 1 heterocycles. The smallest absolute Gasteiger partial charge is 0.227 e. The summed E-state index contributed by atoms with van der Waals surface area (Å²) >= 11 is 0. The van der Waals surface area contributed by atoms with Crippen LogP contribution in [0, 0.1) is 5.92 Å². The number of carbonyl (C=O) groups is 2. The number of hydrogen-bond donors (Lipinski definition) is 2. The minimum absolute atomic E-state index is 0.00429. The predicted octanol–water partition coefficient (Wildman–Crippen LogP) is 2.54. The third-order valence-electron chi connectivity index (χ3n) is 5.52. The van der Waals surface area contributed by atoms with Crippen LogP contribution in [-0.2, 0) is 20.7 Å². The zero-order chi connectivity index (χ0) is 20.2. The Hall–Kier alpha value is -2.70. The van der Waals surface area contributed by atoms with Gasteiger partial charge in [-0.05, 0) is 36.1 Å². The lowest BCUT2D eigenvalue weighted by Gasteiger charge is -2.41. The van der Waals surface area contributed by atoms with Crippen LogP contribution in [0.5, 0.6) is 0 Å². The van der Waals surface area contributed by atoms with Crippen molar-refractivity contribution >= 4 is 17.5 Å². The summed E-state index contributed by atoms with van der Waals surface area (Å²) in [5.74, 6) is 0.227. The quantitative estimate of drug-likeness (QED) is 0.789. The van der Waals surface area contributed by atoms with Crippen molar-refractivity contribution in [3.05, 3.63) is 65.7 Å². The lowest BCUT2D eigenvalue weighted by molar-refractivity contribution is -0.149. The maximum absolute atomic E-state index is 13.1. The van der Waals surface area contributed by atoms with Gasteiger partial charge in [0.15, 0.2) is 0 Å². The molecule has 2 amide bonds. The molecule has 4 rings (SSSR count). The van der Waals surface area contributed by atoms with Gasteiger partial charge in [0.25, 0.3) is 0 Å². The van der Waals surface area contributed by atoms with E-state index >= 15 is 0 Å². The average Bonchev–Trinajstić information content (AvgIpc) is 3.60. The van der Waals surface area contributed by atoms with Crippen molar-refractivity contribution in [2.45, 2.75) is 31.4 Å². The molecule has 1 saturated carbocycles. The molecule has 2 atom stereocenters. The maximum atomic E-state index is 13.1. The number of nitrogens with zero attached hydrogens (tertiary/aromatic N) is 1. The van der Waals surface area contributed by atoms with Crippen molar-refractivity contribution < 1.29 is 19.4 Å². The third kappa shape index (κ3) is 4.66. The number of hydrogen-bond acceptors (Lipinski definition) is 4. The molecule has 2 aliphatic rings. The van der Waals surface area contributed by atoms with Crippen LogP contribution >= 0.6 is 0 Å². The first-order valence-electron chi connectivity index (χ1n) is 10.1. The minimum atomic E-state index is -0.435. The molecule has 2 N–H and O–H groups in total. The highest BCUT2D eigenvalue weighted by molar-refractivity contribution is 5.94. The van der Waals surface area contributed by atoms with Crippen LogP contribution in [-0.4, -0.2) is 47.7 Å². The van der Waals surface area contributed by atoms with Crippen molar-refractivity contribution in [3.63, 3.8) is 0 Å². The highest BCUT2D eigenvalue weighted by Crippen LogP contribution is 2.31. The number of anilines is 1. The van der Waals surface area contributed by atoms with E-state index in [1.54, 1.807) is 0 Å². The van der Waals surface area contributed by atoms with Gasteiger partial charge in [-0.2, -0.15) is 0 Å². The molecule has 29 heavy (non-hydrogen) atoms. The molecule has 0 spiro atoms. The van der Waals surface area contributed by atoms with Crippen molar-refractivity contribution in [1.82, 2.24) is 4.90 Å². The Bertz CT molecular complexity index is 849. The second kappa shape index (κ2) is 8.76. The first-order chi connectivity index (χ1) is 14.2. The summed E-state index contributed by atoms with van der Waals surface area (Å²) in [6, 6.07) is 16.8. The molecular formula is C23H26N2O4. The molecule has 0 bridgehead atoms. The standard InChI is InChI=1S/C23H26N2O4/c26-15-20-22(17-4-2-1-3-5-17)25(12-13-29-20)21(27)14-16-6-10-19(11-7-16)24-23(28)18-8-9-18/h1-7,10-11,18,20,22,26H,8-9,12-15H2,(H,24,28)/t20-,22-/m1/s1. The second-order valence-electron chi connectivity index (χ2n) is 7.67. The van der Waals surface area contributed by atoms with E-state index in [1.807, 2.05) is 59.5 Å². The summed E-state index contributed by atoms with van der Waals surface area (Å²) < 4.78 is 5.72. The molecule has 0 unspecified atom stereocenters. The Morgan fingerprint density at radius 3 is 2.45 bits per heavy atom. The SMILES string of the molecule is O=C(Nc1ccc(CC(=O)N2CCO[C@H](CO)[C@H]2c2ccccc2)cc1)C1CC1. The number of aliphatic hydroxyl groups excluding tert-OH is 1. The van der Waals surface area contributed by atoms with Gasteiger partial charge in [0.2, 0.25) is 11.8 Å². The fraction of sp³-hybridized carbons (Fsp3) is 0.391. The van der Waals surface area contributed by atoms with Gasteiger partial charge in [0, 0.05) is 18.2 Å². The van der Waals surface area contributed by atoms with Gasteiger partial charge in [-0.1, -0.05) is 42.5 Å². The summed E-state index contributed by atoms with van der Waals surface area (Å²) in [7, 11) is 0. The lowest BCUT2D eigenvalue weighted by atomic mass is 9.97. The van der Waals surface area contributed by atoms with E-state index in [0.29, 0.717) is 13.2 Å². The summed E-state index contributed by atoms with van der Waals surface area (Å²) in [5.41, 5.74) is 2.60. The van der Waals surface area contributed by atoms with Crippen molar-refractivity contribution in [1.29, 1.82) is 0 Å². The topological polar surface area (TPSA) is 78.9 Å². The Morgan fingerprint density at radius 1 is 1.07 bits per heavy atom. The largest absolute Gasteiger partial charge is 0.394 e. The highest BCUT2D eigenvalue weighted by atomic mass is 16.5. The molecule has 6 nitrogen and oxygen atoms in total. The molecule has 152 valence electrons. The first kappa shape index (κ1) is 19.6. The molecule has 1 aliphatic heterocycles. The van der Waals surface area contributed by atoms with Gasteiger partial charge in [-0.3, -0.25) is 9.59 Å². The number of amides is 2. The van der Waals surface area contributed by atoms with E-state index in [1.165, 1.54) is 0 Å². The minimum Gasteiger partial charge on any atom is -0.394 e. The molecule has 1 saturated heterocycles. The van der Waals surface area contributed by atoms with Gasteiger partial charge in [-0.25, -0.2) is 0 Å². The van der Waals surface area contributed by atoms with Crippen molar-refractivity contribution in [2.75, 3.05) is 25.1 Å². The van der Waals surface area contributed by atoms with Gasteiger partial charge in [-0.15, -0.1) is 0 Å². The van der Waals surface area contributed by atoms with E-state index in [9.17, 15) is 14.7 Å². The zero-order valence-corrected chi connectivity index (χ0v) is 16.3. The van der Waals surface area contributed by atoms with E-state index < -0.39 is 6.10 Å². The second-order valence-corrected chi connectivity index (χ2v) is 7.67. The van der Waals surface area contributed by atoms with Gasteiger partial charge in [0.1, 0.15) is 6.10 Å². The molecular weight excluding hydrogens is 368 g/mol. The summed E-state index contributed by atoms with van der Waals surface area (Å²) in [6.07, 6.45) is 1.76. The zero-order valence-electron chi connectivity index (χ0n) is 16.3. The Balaban J connectivity index is 1.45. The Morgan fingerprint density at radius 2 is 1.79 bits per heavy atom. The lowest BCUT2D eigenvalue weighted by Crippen LogP contribution is -2.49. The molecule has 0 radical (unpaired) electrons. The fourth-order valence-corrected chi connectivity index (χ4v) is 3.78. The Kier molecular flexibility index (Phi) is 5.92. The van der Waals surface area contributed by atoms with E-state index in [2.05, 4.69) is 5.32 Å². The highest BCUT2D eigenvalue weighted by Gasteiger charge is 2.35. The number of benzene rings is 2. The van der Waals surface area contributed by atoms with E-state index in [4.69, 9.17) is 4.74 Å². The maximum Gasteiger partial charge on any atom is 0.227 e. The molecule has 2 fully saturated rings. The summed E-state index contributed by atoms with van der Waals surface area (Å²) in [5, 5.41) is 12.7. The summed E-state index contributed by atoms with van der Waals surface area (Å²) in [4.78, 5) is 26.8. The van der Waals surface area contributed by atoms with Gasteiger partial charge < -0.3 is 20.1 Å². The predicted molar refractivity (Wildman–Crippen MR) is 109 cm³/mol. The molecule has 1 aliphatic carbocycles. The van der Waals surface area contributed by atoms with E-state index in [0.717, 1.165) is 29.7 Å². The van der Waals surface area contributed by atoms with Crippen LogP contribution in [0.15, 0.2) is 54.6 Å². The number of morpholine rings is 1. The number of nitrogens with one attached hydrogen (secondary N) is 1. The molecule has 2 aromatic rings. The monoisotopic (exact) mass is 394 g/mol. The molecule has 0 aromatic heterocycles. The van der Waals surface area contributed by atoms with Crippen LogP contribution in [0.1, 0.15) is 30.0 Å². The number of aliphatic hydroxyl groups is 1. The van der Waals surface area contributed by atoms with Crippen molar-refractivity contribution in [3.8, 4) is 0 Å². The number of rotatable bonds is 6.